The average molecular weight is 277 g/mol. The third-order valence-electron chi connectivity index (χ3n) is 1.58. The Labute approximate surface area is 84.1 Å². The molecule has 0 bridgehead atoms. The number of rotatable bonds is 2. The van der Waals surface area contributed by atoms with Gasteiger partial charge in [-0.05, 0) is 12.5 Å². The summed E-state index contributed by atoms with van der Waals surface area (Å²) in [5, 5.41) is 10.5. The van der Waals surface area contributed by atoms with Gasteiger partial charge in [0.2, 0.25) is 0 Å². The molecule has 4 heteroatoms. The molecule has 0 saturated heterocycles. The molecule has 0 spiro atoms. The SMILES string of the molecule is Cc1ccc(CI)c([N+](=O)[O-])c1. The van der Waals surface area contributed by atoms with Crippen molar-refractivity contribution in [3.8, 4) is 0 Å². The summed E-state index contributed by atoms with van der Waals surface area (Å²) in [4.78, 5) is 10.2. The van der Waals surface area contributed by atoms with Gasteiger partial charge < -0.3 is 0 Å². The summed E-state index contributed by atoms with van der Waals surface area (Å²) in [6.45, 7) is 1.85. The van der Waals surface area contributed by atoms with E-state index < -0.39 is 0 Å². The van der Waals surface area contributed by atoms with Crippen molar-refractivity contribution in [1.29, 1.82) is 0 Å². The quantitative estimate of drug-likeness (QED) is 0.361. The van der Waals surface area contributed by atoms with Gasteiger partial charge in [-0.2, -0.15) is 0 Å². The lowest BCUT2D eigenvalue weighted by Crippen LogP contribution is -1.93. The standard InChI is InChI=1S/C8H8INO2/c1-6-2-3-7(5-9)8(4-6)10(11)12/h2-4H,5H2,1H3. The highest BCUT2D eigenvalue weighted by atomic mass is 127. The molecule has 1 rings (SSSR count). The number of nitro groups is 1. The van der Waals surface area contributed by atoms with Crippen molar-refractivity contribution in [2.45, 2.75) is 11.4 Å². The molecule has 1 aromatic rings. The van der Waals surface area contributed by atoms with Crippen molar-refractivity contribution in [2.24, 2.45) is 0 Å². The summed E-state index contributed by atoms with van der Waals surface area (Å²) < 4.78 is 0.675. The summed E-state index contributed by atoms with van der Waals surface area (Å²) in [5.74, 6) is 0. The van der Waals surface area contributed by atoms with Gasteiger partial charge >= 0.3 is 0 Å². The first kappa shape index (κ1) is 9.44. The Morgan fingerprint density at radius 2 is 2.25 bits per heavy atom. The second-order valence-electron chi connectivity index (χ2n) is 2.52. The van der Waals surface area contributed by atoms with Crippen molar-refractivity contribution in [3.05, 3.63) is 39.4 Å². The van der Waals surface area contributed by atoms with E-state index in [1.807, 2.05) is 13.0 Å². The molecular weight excluding hydrogens is 269 g/mol. The molecule has 0 heterocycles. The molecule has 0 unspecified atom stereocenters. The Balaban J connectivity index is 3.21. The highest BCUT2D eigenvalue weighted by Crippen LogP contribution is 2.22. The molecule has 0 aliphatic carbocycles. The maximum atomic E-state index is 10.5. The summed E-state index contributed by atoms with van der Waals surface area (Å²) in [6.07, 6.45) is 0. The predicted octanol–water partition coefficient (Wildman–Crippen LogP) is 2.84. The molecule has 3 nitrogen and oxygen atoms in total. The Kier molecular flexibility index (Phi) is 3.02. The fraction of sp³-hybridized carbons (Fsp3) is 0.250. The van der Waals surface area contributed by atoms with E-state index in [4.69, 9.17) is 0 Å². The lowest BCUT2D eigenvalue weighted by atomic mass is 10.1. The Bertz CT molecular complexity index is 312. The second-order valence-corrected chi connectivity index (χ2v) is 3.29. The first-order valence-electron chi connectivity index (χ1n) is 3.45. The number of nitro benzene ring substituents is 1. The zero-order chi connectivity index (χ0) is 9.14. The van der Waals surface area contributed by atoms with Gasteiger partial charge in [0.25, 0.3) is 5.69 Å². The molecule has 12 heavy (non-hydrogen) atoms. The number of hydrogen-bond donors (Lipinski definition) is 0. The van der Waals surface area contributed by atoms with E-state index in [0.29, 0.717) is 4.43 Å². The van der Waals surface area contributed by atoms with Gasteiger partial charge in [0.1, 0.15) is 0 Å². The highest BCUT2D eigenvalue weighted by Gasteiger charge is 2.11. The smallest absolute Gasteiger partial charge is 0.258 e. The molecule has 0 amide bonds. The van der Waals surface area contributed by atoms with E-state index >= 15 is 0 Å². The van der Waals surface area contributed by atoms with Gasteiger partial charge in [-0.15, -0.1) is 0 Å². The number of benzene rings is 1. The van der Waals surface area contributed by atoms with Crippen LogP contribution in [-0.2, 0) is 4.43 Å². The normalized spacial score (nSPS) is 9.83. The summed E-state index contributed by atoms with van der Waals surface area (Å²) >= 11 is 2.12. The molecule has 1 aromatic carbocycles. The van der Waals surface area contributed by atoms with Crippen molar-refractivity contribution in [3.63, 3.8) is 0 Å². The molecule has 0 fully saturated rings. The Morgan fingerprint density at radius 1 is 1.58 bits per heavy atom. The van der Waals surface area contributed by atoms with E-state index in [2.05, 4.69) is 22.6 Å². The Hall–Kier alpha value is -0.650. The van der Waals surface area contributed by atoms with Crippen LogP contribution in [0.5, 0.6) is 0 Å². The minimum atomic E-state index is -0.332. The minimum Gasteiger partial charge on any atom is -0.258 e. The van der Waals surface area contributed by atoms with Crippen LogP contribution >= 0.6 is 22.6 Å². The molecule has 0 aromatic heterocycles. The van der Waals surface area contributed by atoms with E-state index in [-0.39, 0.29) is 10.6 Å². The van der Waals surface area contributed by atoms with Crippen LogP contribution < -0.4 is 0 Å². The summed E-state index contributed by atoms with van der Waals surface area (Å²) in [5.41, 5.74) is 1.94. The fourth-order valence-electron chi connectivity index (χ4n) is 0.957. The zero-order valence-corrected chi connectivity index (χ0v) is 8.74. The number of nitrogens with zero attached hydrogens (tertiary/aromatic N) is 1. The molecule has 0 N–H and O–H groups in total. The average Bonchev–Trinajstić information content (AvgIpc) is 2.04. The number of halogens is 1. The minimum absolute atomic E-state index is 0.226. The van der Waals surface area contributed by atoms with Crippen LogP contribution in [0.25, 0.3) is 0 Å². The van der Waals surface area contributed by atoms with E-state index in [1.54, 1.807) is 12.1 Å². The monoisotopic (exact) mass is 277 g/mol. The van der Waals surface area contributed by atoms with Crippen LogP contribution in [0, 0.1) is 17.0 Å². The first-order chi connectivity index (χ1) is 5.65. The molecule has 0 atom stereocenters. The topological polar surface area (TPSA) is 43.1 Å². The van der Waals surface area contributed by atoms with Gasteiger partial charge in [0.15, 0.2) is 0 Å². The van der Waals surface area contributed by atoms with Gasteiger partial charge in [-0.25, -0.2) is 0 Å². The van der Waals surface area contributed by atoms with Gasteiger partial charge in [-0.1, -0.05) is 34.7 Å². The molecule has 0 saturated carbocycles. The molecule has 64 valence electrons. The van der Waals surface area contributed by atoms with Crippen LogP contribution in [0.4, 0.5) is 5.69 Å². The predicted molar refractivity (Wildman–Crippen MR) is 55.6 cm³/mol. The van der Waals surface area contributed by atoms with Crippen LogP contribution in [0.3, 0.4) is 0 Å². The lowest BCUT2D eigenvalue weighted by molar-refractivity contribution is -0.385. The number of hydrogen-bond acceptors (Lipinski definition) is 2. The maximum absolute atomic E-state index is 10.5. The zero-order valence-electron chi connectivity index (χ0n) is 6.58. The highest BCUT2D eigenvalue weighted by molar-refractivity contribution is 14.1. The lowest BCUT2D eigenvalue weighted by Gasteiger charge is -1.99. The molecule has 0 aliphatic heterocycles. The maximum Gasteiger partial charge on any atom is 0.273 e. The van der Waals surface area contributed by atoms with Crippen LogP contribution in [0.2, 0.25) is 0 Å². The second kappa shape index (κ2) is 3.84. The van der Waals surface area contributed by atoms with E-state index in [0.717, 1.165) is 11.1 Å². The van der Waals surface area contributed by atoms with Gasteiger partial charge in [-0.3, -0.25) is 10.1 Å². The van der Waals surface area contributed by atoms with Crippen LogP contribution in [0.1, 0.15) is 11.1 Å². The third kappa shape index (κ3) is 1.94. The number of alkyl halides is 1. The first-order valence-corrected chi connectivity index (χ1v) is 4.97. The molecular formula is C8H8INO2. The van der Waals surface area contributed by atoms with E-state index in [9.17, 15) is 10.1 Å². The summed E-state index contributed by atoms with van der Waals surface area (Å²) in [7, 11) is 0. The third-order valence-corrected chi connectivity index (χ3v) is 2.40. The van der Waals surface area contributed by atoms with Gasteiger partial charge in [0, 0.05) is 16.1 Å². The van der Waals surface area contributed by atoms with Crippen LogP contribution in [-0.4, -0.2) is 4.92 Å². The van der Waals surface area contributed by atoms with Crippen molar-refractivity contribution in [2.75, 3.05) is 0 Å². The van der Waals surface area contributed by atoms with Crippen molar-refractivity contribution < 1.29 is 4.92 Å². The molecule has 0 radical (unpaired) electrons. The number of aryl methyl sites for hydroxylation is 1. The van der Waals surface area contributed by atoms with Crippen molar-refractivity contribution >= 4 is 28.3 Å². The summed E-state index contributed by atoms with van der Waals surface area (Å²) in [6, 6.07) is 5.30. The molecule has 0 aliphatic rings. The fourth-order valence-corrected chi connectivity index (χ4v) is 1.60. The van der Waals surface area contributed by atoms with Crippen LogP contribution in [0.15, 0.2) is 18.2 Å². The Morgan fingerprint density at radius 3 is 2.75 bits per heavy atom. The van der Waals surface area contributed by atoms with E-state index in [1.165, 1.54) is 0 Å². The van der Waals surface area contributed by atoms with Crippen molar-refractivity contribution in [1.82, 2.24) is 0 Å². The largest absolute Gasteiger partial charge is 0.273 e. The van der Waals surface area contributed by atoms with Gasteiger partial charge in [0.05, 0.1) is 4.92 Å².